The number of anilines is 1. The van der Waals surface area contributed by atoms with E-state index in [1.54, 1.807) is 25.3 Å². The van der Waals surface area contributed by atoms with E-state index in [2.05, 4.69) is 9.97 Å². The number of nitrogens with zero attached hydrogens (tertiary/aromatic N) is 2. The van der Waals surface area contributed by atoms with E-state index < -0.39 is 18.0 Å². The molecule has 3 rings (SSSR count). The number of fused-ring (bicyclic) bond motifs is 1. The minimum atomic E-state index is -4.83. The van der Waals surface area contributed by atoms with E-state index in [1.165, 1.54) is 6.20 Å². The maximum absolute atomic E-state index is 12.7. The molecular formula is C17H13ClF3N3O. The maximum Gasteiger partial charge on any atom is 0.420 e. The largest absolute Gasteiger partial charge is 0.420 e. The van der Waals surface area contributed by atoms with Crippen molar-refractivity contribution in [1.82, 2.24) is 9.97 Å². The van der Waals surface area contributed by atoms with Crippen molar-refractivity contribution in [2.45, 2.75) is 19.2 Å². The zero-order valence-electron chi connectivity index (χ0n) is 13.0. The molecule has 1 unspecified atom stereocenters. The Labute approximate surface area is 146 Å². The fourth-order valence-electron chi connectivity index (χ4n) is 2.56. The highest BCUT2D eigenvalue weighted by atomic mass is 35.5. The lowest BCUT2D eigenvalue weighted by atomic mass is 9.99. The second-order valence-electron chi connectivity index (χ2n) is 5.61. The van der Waals surface area contributed by atoms with Crippen LogP contribution in [0.1, 0.15) is 17.4 Å². The van der Waals surface area contributed by atoms with Crippen LogP contribution in [0.4, 0.5) is 19.0 Å². The lowest BCUT2D eigenvalue weighted by molar-refractivity contribution is -0.207. The molecule has 0 radical (unpaired) electrons. The Morgan fingerprint density at radius 2 is 1.84 bits per heavy atom. The number of aliphatic hydroxyl groups excluding tert-OH is 1. The summed E-state index contributed by atoms with van der Waals surface area (Å²) < 4.78 is 38.1. The molecule has 3 N–H and O–H groups in total. The Bertz CT molecular complexity index is 960. The Hall–Kier alpha value is -2.38. The van der Waals surface area contributed by atoms with Crippen molar-refractivity contribution in [3.8, 4) is 11.1 Å². The van der Waals surface area contributed by atoms with Crippen LogP contribution < -0.4 is 5.73 Å². The smallest absolute Gasteiger partial charge is 0.384 e. The van der Waals surface area contributed by atoms with Crippen molar-refractivity contribution in [2.24, 2.45) is 0 Å². The molecule has 0 saturated carbocycles. The number of benzene rings is 1. The molecule has 0 aliphatic rings. The van der Waals surface area contributed by atoms with Gasteiger partial charge in [0.25, 0.3) is 0 Å². The Balaban J connectivity index is 2.09. The van der Waals surface area contributed by atoms with Crippen LogP contribution in [0, 0.1) is 6.92 Å². The SMILES string of the molecule is Cc1c(-c2ccc3cc(N)ncc3c2)cnc(C(O)C(F)(F)F)c1Cl. The third-order valence-electron chi connectivity index (χ3n) is 3.91. The number of pyridine rings is 2. The zero-order chi connectivity index (χ0) is 18.4. The van der Waals surface area contributed by atoms with Gasteiger partial charge in [0, 0.05) is 23.3 Å². The minimum Gasteiger partial charge on any atom is -0.384 e. The number of hydrogen-bond acceptors (Lipinski definition) is 4. The Morgan fingerprint density at radius 3 is 2.52 bits per heavy atom. The molecule has 0 aliphatic carbocycles. The molecular weight excluding hydrogens is 355 g/mol. The van der Waals surface area contributed by atoms with Gasteiger partial charge >= 0.3 is 6.18 Å². The summed E-state index contributed by atoms with van der Waals surface area (Å²) in [6, 6.07) is 7.17. The number of rotatable bonds is 2. The van der Waals surface area contributed by atoms with Crippen LogP contribution in [0.3, 0.4) is 0 Å². The summed E-state index contributed by atoms with van der Waals surface area (Å²) in [7, 11) is 0. The molecule has 0 spiro atoms. The van der Waals surface area contributed by atoms with Crippen LogP contribution in [0.25, 0.3) is 21.9 Å². The monoisotopic (exact) mass is 367 g/mol. The highest BCUT2D eigenvalue weighted by molar-refractivity contribution is 6.32. The van der Waals surface area contributed by atoms with Crippen molar-refractivity contribution in [2.75, 3.05) is 5.73 Å². The van der Waals surface area contributed by atoms with Crippen molar-refractivity contribution in [3.05, 3.63) is 52.9 Å². The van der Waals surface area contributed by atoms with E-state index in [0.717, 1.165) is 16.3 Å². The van der Waals surface area contributed by atoms with Crippen LogP contribution in [0.5, 0.6) is 0 Å². The number of nitrogens with two attached hydrogens (primary N) is 1. The fraction of sp³-hybridized carbons (Fsp3) is 0.176. The van der Waals surface area contributed by atoms with Gasteiger partial charge in [-0.3, -0.25) is 4.98 Å². The first-order valence-electron chi connectivity index (χ1n) is 7.24. The van der Waals surface area contributed by atoms with E-state index in [9.17, 15) is 18.3 Å². The van der Waals surface area contributed by atoms with Crippen LogP contribution in [-0.2, 0) is 0 Å². The standard InChI is InChI=1S/C17H13ClF3N3O/c1-8-12(7-24-15(14(8)18)16(25)17(19,20)21)10-3-2-9-5-13(22)23-6-11(9)4-10/h2-7,16,25H,1H3,(H2,22,23). The zero-order valence-corrected chi connectivity index (χ0v) is 13.7. The normalized spacial score (nSPS) is 13.2. The van der Waals surface area contributed by atoms with E-state index >= 15 is 0 Å². The number of aliphatic hydroxyl groups is 1. The summed E-state index contributed by atoms with van der Waals surface area (Å²) in [5.74, 6) is 0.395. The molecule has 2 aromatic heterocycles. The van der Waals surface area contributed by atoms with Gasteiger partial charge in [0.05, 0.1) is 10.7 Å². The second-order valence-corrected chi connectivity index (χ2v) is 5.99. The third kappa shape index (κ3) is 3.25. The quantitative estimate of drug-likeness (QED) is 0.702. The third-order valence-corrected chi connectivity index (χ3v) is 4.39. The van der Waals surface area contributed by atoms with Crippen molar-refractivity contribution in [1.29, 1.82) is 0 Å². The molecule has 0 bridgehead atoms. The summed E-state index contributed by atoms with van der Waals surface area (Å²) in [6.07, 6.45) is -4.67. The molecule has 8 heteroatoms. The first-order chi connectivity index (χ1) is 11.7. The van der Waals surface area contributed by atoms with Crippen LogP contribution >= 0.6 is 11.6 Å². The molecule has 0 aliphatic heterocycles. The van der Waals surface area contributed by atoms with Gasteiger partial charge in [0.2, 0.25) is 0 Å². The number of halogens is 4. The molecule has 0 fully saturated rings. The Kier molecular flexibility index (Phi) is 4.30. The average Bonchev–Trinajstić information content (AvgIpc) is 2.55. The molecule has 1 atom stereocenters. The van der Waals surface area contributed by atoms with Crippen molar-refractivity contribution < 1.29 is 18.3 Å². The average molecular weight is 368 g/mol. The fourth-order valence-corrected chi connectivity index (χ4v) is 2.81. The highest BCUT2D eigenvalue weighted by Gasteiger charge is 2.41. The highest BCUT2D eigenvalue weighted by Crippen LogP contribution is 2.38. The van der Waals surface area contributed by atoms with Gasteiger partial charge in [-0.2, -0.15) is 13.2 Å². The first-order valence-corrected chi connectivity index (χ1v) is 7.61. The Morgan fingerprint density at radius 1 is 1.12 bits per heavy atom. The molecule has 4 nitrogen and oxygen atoms in total. The van der Waals surface area contributed by atoms with E-state index in [1.807, 2.05) is 12.1 Å². The summed E-state index contributed by atoms with van der Waals surface area (Å²) >= 11 is 6.04. The van der Waals surface area contributed by atoms with Gasteiger partial charge in [0.15, 0.2) is 6.10 Å². The van der Waals surface area contributed by atoms with Gasteiger partial charge in [-0.25, -0.2) is 4.98 Å². The van der Waals surface area contributed by atoms with Gasteiger partial charge in [-0.1, -0.05) is 23.7 Å². The molecule has 25 heavy (non-hydrogen) atoms. The summed E-state index contributed by atoms with van der Waals surface area (Å²) in [5, 5.41) is 10.9. The van der Waals surface area contributed by atoms with Crippen LogP contribution in [0.2, 0.25) is 5.02 Å². The molecule has 130 valence electrons. The molecule has 1 aromatic carbocycles. The summed E-state index contributed by atoms with van der Waals surface area (Å²) in [6.45, 7) is 1.58. The summed E-state index contributed by atoms with van der Waals surface area (Å²) in [5.41, 5.74) is 6.73. The van der Waals surface area contributed by atoms with Crippen molar-refractivity contribution in [3.63, 3.8) is 0 Å². The number of hydrogen-bond donors (Lipinski definition) is 2. The van der Waals surface area contributed by atoms with Gasteiger partial charge < -0.3 is 10.8 Å². The summed E-state index contributed by atoms with van der Waals surface area (Å²) in [4.78, 5) is 7.76. The van der Waals surface area contributed by atoms with E-state index in [4.69, 9.17) is 17.3 Å². The topological polar surface area (TPSA) is 72.0 Å². The molecule has 0 saturated heterocycles. The number of aromatic nitrogens is 2. The predicted molar refractivity (Wildman–Crippen MR) is 90.1 cm³/mol. The lowest BCUT2D eigenvalue weighted by Crippen LogP contribution is -2.22. The van der Waals surface area contributed by atoms with E-state index in [0.29, 0.717) is 16.9 Å². The van der Waals surface area contributed by atoms with Gasteiger partial charge in [-0.15, -0.1) is 0 Å². The van der Waals surface area contributed by atoms with E-state index in [-0.39, 0.29) is 5.02 Å². The maximum atomic E-state index is 12.7. The molecule has 3 aromatic rings. The van der Waals surface area contributed by atoms with Gasteiger partial charge in [0.1, 0.15) is 5.82 Å². The van der Waals surface area contributed by atoms with Crippen molar-refractivity contribution >= 4 is 28.2 Å². The van der Waals surface area contributed by atoms with Crippen LogP contribution in [-0.4, -0.2) is 21.3 Å². The molecule has 2 heterocycles. The lowest BCUT2D eigenvalue weighted by Gasteiger charge is -2.18. The number of alkyl halides is 3. The molecule has 0 amide bonds. The predicted octanol–water partition coefficient (Wildman–Crippen LogP) is 4.44. The second kappa shape index (κ2) is 6.16. The first kappa shape index (κ1) is 17.4. The minimum absolute atomic E-state index is 0.210. The van der Waals surface area contributed by atoms with Gasteiger partial charge in [-0.05, 0) is 35.6 Å². The van der Waals surface area contributed by atoms with Crippen LogP contribution in [0.15, 0.2) is 36.7 Å². The number of nitrogen functional groups attached to an aromatic ring is 1.